The Bertz CT molecular complexity index is 411. The molecule has 0 aliphatic rings. The van der Waals surface area contributed by atoms with Crippen LogP contribution in [0.15, 0.2) is 18.2 Å². The van der Waals surface area contributed by atoms with E-state index in [1.807, 2.05) is 0 Å². The van der Waals surface area contributed by atoms with E-state index in [0.29, 0.717) is 11.3 Å². The van der Waals surface area contributed by atoms with Gasteiger partial charge in [0.05, 0.1) is 11.3 Å². The Labute approximate surface area is 115 Å². The van der Waals surface area contributed by atoms with Crippen molar-refractivity contribution in [2.75, 3.05) is 23.7 Å². The minimum absolute atomic E-state index is 0.335. The summed E-state index contributed by atoms with van der Waals surface area (Å²) in [5.74, 6) is -0.895. The molecular weight excluding hydrogens is 240 g/mol. The lowest BCUT2D eigenvalue weighted by Gasteiger charge is -2.26. The average molecular weight is 264 g/mol. The normalized spacial score (nSPS) is 10.4. The highest BCUT2D eigenvalue weighted by Crippen LogP contribution is 2.24. The molecule has 19 heavy (non-hydrogen) atoms. The molecule has 0 fully saturated rings. The van der Waals surface area contributed by atoms with Crippen LogP contribution in [-0.4, -0.2) is 24.2 Å². The highest BCUT2D eigenvalue weighted by molar-refractivity contribution is 5.95. The van der Waals surface area contributed by atoms with E-state index in [9.17, 15) is 9.90 Å². The minimum Gasteiger partial charge on any atom is -0.478 e. The topological polar surface area (TPSA) is 66.6 Å². The average Bonchev–Trinajstić information content (AvgIpc) is 2.38. The van der Waals surface area contributed by atoms with Crippen LogP contribution in [0.2, 0.25) is 0 Å². The van der Waals surface area contributed by atoms with Crippen LogP contribution >= 0.6 is 0 Å². The largest absolute Gasteiger partial charge is 0.478 e. The lowest BCUT2D eigenvalue weighted by Crippen LogP contribution is -2.27. The molecule has 0 spiro atoms. The van der Waals surface area contributed by atoms with Gasteiger partial charge in [-0.15, -0.1) is 0 Å². The monoisotopic (exact) mass is 264 g/mol. The van der Waals surface area contributed by atoms with E-state index in [1.165, 1.54) is 0 Å². The Hall–Kier alpha value is -1.71. The van der Waals surface area contributed by atoms with E-state index in [4.69, 9.17) is 5.73 Å². The summed E-state index contributed by atoms with van der Waals surface area (Å²) in [6, 6.07) is 5.01. The minimum atomic E-state index is -0.895. The van der Waals surface area contributed by atoms with Crippen LogP contribution in [-0.2, 0) is 0 Å². The lowest BCUT2D eigenvalue weighted by molar-refractivity contribution is 0.0697. The maximum Gasteiger partial charge on any atom is 0.337 e. The first kappa shape index (κ1) is 15.3. The third-order valence-corrected chi connectivity index (χ3v) is 3.16. The third kappa shape index (κ3) is 4.47. The Balaban J connectivity index is 3.03. The Morgan fingerprint density at radius 1 is 1.21 bits per heavy atom. The van der Waals surface area contributed by atoms with Gasteiger partial charge in [0.2, 0.25) is 0 Å². The van der Waals surface area contributed by atoms with Crippen molar-refractivity contribution in [1.82, 2.24) is 0 Å². The van der Waals surface area contributed by atoms with E-state index in [2.05, 4.69) is 18.7 Å². The summed E-state index contributed by atoms with van der Waals surface area (Å²) >= 11 is 0. The molecule has 0 aromatic heterocycles. The number of carbonyl (C=O) groups is 1. The van der Waals surface area contributed by atoms with Gasteiger partial charge in [-0.2, -0.15) is 0 Å². The summed E-state index contributed by atoms with van der Waals surface area (Å²) in [5.41, 5.74) is 7.49. The van der Waals surface area contributed by atoms with Gasteiger partial charge < -0.3 is 15.7 Å². The van der Waals surface area contributed by atoms with Crippen molar-refractivity contribution >= 4 is 17.3 Å². The van der Waals surface area contributed by atoms with Crippen molar-refractivity contribution in [1.29, 1.82) is 0 Å². The molecule has 1 aromatic carbocycles. The van der Waals surface area contributed by atoms with Crippen molar-refractivity contribution in [3.8, 4) is 0 Å². The molecule has 0 heterocycles. The summed E-state index contributed by atoms with van der Waals surface area (Å²) in [7, 11) is 0. The quantitative estimate of drug-likeness (QED) is 0.706. The van der Waals surface area contributed by atoms with Crippen LogP contribution in [0, 0.1) is 0 Å². The fourth-order valence-electron chi connectivity index (χ4n) is 2.04. The molecule has 4 heteroatoms. The molecule has 0 aliphatic carbocycles. The molecule has 0 atom stereocenters. The highest BCUT2D eigenvalue weighted by atomic mass is 16.4. The summed E-state index contributed by atoms with van der Waals surface area (Å²) in [5, 5.41) is 9.29. The smallest absolute Gasteiger partial charge is 0.337 e. The number of nitrogens with two attached hydrogens (primary N) is 1. The van der Waals surface area contributed by atoms with Gasteiger partial charge in [0.1, 0.15) is 0 Å². The molecule has 1 aromatic rings. The first-order valence-corrected chi connectivity index (χ1v) is 6.97. The van der Waals surface area contributed by atoms with Crippen molar-refractivity contribution in [3.63, 3.8) is 0 Å². The Morgan fingerprint density at radius 3 is 2.26 bits per heavy atom. The van der Waals surface area contributed by atoms with Crippen molar-refractivity contribution in [3.05, 3.63) is 23.8 Å². The number of rotatable bonds is 8. The summed E-state index contributed by atoms with van der Waals surface area (Å²) < 4.78 is 0. The maximum atomic E-state index is 11.3. The highest BCUT2D eigenvalue weighted by Gasteiger charge is 2.15. The van der Waals surface area contributed by atoms with Gasteiger partial charge in [-0.25, -0.2) is 4.79 Å². The number of hydrogen-bond acceptors (Lipinski definition) is 3. The van der Waals surface area contributed by atoms with Crippen LogP contribution in [0.4, 0.5) is 11.4 Å². The summed E-state index contributed by atoms with van der Waals surface area (Å²) in [6.45, 7) is 6.02. The Morgan fingerprint density at radius 2 is 1.79 bits per heavy atom. The van der Waals surface area contributed by atoms with Gasteiger partial charge >= 0.3 is 5.97 Å². The number of hydrogen-bond donors (Lipinski definition) is 2. The molecule has 0 saturated heterocycles. The second kappa shape index (κ2) is 7.67. The van der Waals surface area contributed by atoms with Gasteiger partial charge in [-0.1, -0.05) is 26.7 Å². The number of carboxylic acids is 1. The number of carboxylic acid groups (broad SMARTS) is 1. The fourth-order valence-corrected chi connectivity index (χ4v) is 2.04. The number of unbranched alkanes of at least 4 members (excludes halogenated alkanes) is 2. The van der Waals surface area contributed by atoms with Gasteiger partial charge in [0.15, 0.2) is 0 Å². The van der Waals surface area contributed by atoms with Crippen molar-refractivity contribution < 1.29 is 9.90 Å². The molecule has 0 radical (unpaired) electrons. The molecule has 0 unspecified atom stereocenters. The zero-order chi connectivity index (χ0) is 14.3. The molecule has 3 N–H and O–H groups in total. The standard InChI is InChI=1S/C15H24N2O2/c1-3-5-9-17(10-6-4-2)14-11-12(16)7-8-13(14)15(18)19/h7-8,11H,3-6,9-10,16H2,1-2H3,(H,18,19). The number of anilines is 2. The molecule has 106 valence electrons. The van der Waals surface area contributed by atoms with E-state index in [0.717, 1.165) is 44.5 Å². The number of nitrogen functional groups attached to an aromatic ring is 1. The second-order valence-corrected chi connectivity index (χ2v) is 4.78. The number of aromatic carboxylic acids is 1. The van der Waals surface area contributed by atoms with Crippen LogP contribution < -0.4 is 10.6 Å². The molecule has 0 aliphatic heterocycles. The van der Waals surface area contributed by atoms with Gasteiger partial charge in [0.25, 0.3) is 0 Å². The predicted molar refractivity (Wildman–Crippen MR) is 79.8 cm³/mol. The Kier molecular flexibility index (Phi) is 6.19. The molecule has 4 nitrogen and oxygen atoms in total. The third-order valence-electron chi connectivity index (χ3n) is 3.16. The van der Waals surface area contributed by atoms with Crippen LogP contribution in [0.1, 0.15) is 49.9 Å². The van der Waals surface area contributed by atoms with E-state index < -0.39 is 5.97 Å². The predicted octanol–water partition coefficient (Wildman–Crippen LogP) is 3.37. The van der Waals surface area contributed by atoms with E-state index in [1.54, 1.807) is 18.2 Å². The second-order valence-electron chi connectivity index (χ2n) is 4.78. The van der Waals surface area contributed by atoms with Crippen LogP contribution in [0.25, 0.3) is 0 Å². The van der Waals surface area contributed by atoms with Crippen LogP contribution in [0.5, 0.6) is 0 Å². The van der Waals surface area contributed by atoms with Crippen molar-refractivity contribution in [2.45, 2.75) is 39.5 Å². The van der Waals surface area contributed by atoms with Crippen LogP contribution in [0.3, 0.4) is 0 Å². The molecule has 0 saturated carbocycles. The van der Waals surface area contributed by atoms with Gasteiger partial charge in [0, 0.05) is 18.8 Å². The zero-order valence-corrected chi connectivity index (χ0v) is 11.9. The first-order valence-electron chi connectivity index (χ1n) is 6.97. The zero-order valence-electron chi connectivity index (χ0n) is 11.9. The fraction of sp³-hybridized carbons (Fsp3) is 0.533. The molecule has 1 rings (SSSR count). The molecule has 0 bridgehead atoms. The van der Waals surface area contributed by atoms with E-state index in [-0.39, 0.29) is 0 Å². The first-order chi connectivity index (χ1) is 9.10. The SMILES string of the molecule is CCCCN(CCCC)c1cc(N)ccc1C(=O)O. The lowest BCUT2D eigenvalue weighted by atomic mass is 10.1. The molecular formula is C15H24N2O2. The van der Waals surface area contributed by atoms with Crippen molar-refractivity contribution in [2.24, 2.45) is 0 Å². The number of nitrogens with zero attached hydrogens (tertiary/aromatic N) is 1. The van der Waals surface area contributed by atoms with Gasteiger partial charge in [-0.3, -0.25) is 0 Å². The maximum absolute atomic E-state index is 11.3. The number of benzene rings is 1. The van der Waals surface area contributed by atoms with E-state index >= 15 is 0 Å². The summed E-state index contributed by atoms with van der Waals surface area (Å²) in [6.07, 6.45) is 4.29. The van der Waals surface area contributed by atoms with Gasteiger partial charge in [-0.05, 0) is 31.0 Å². The molecule has 0 amide bonds. The summed E-state index contributed by atoms with van der Waals surface area (Å²) in [4.78, 5) is 13.5.